The van der Waals surface area contributed by atoms with E-state index in [1.54, 1.807) is 24.3 Å². The molecule has 2 N–H and O–H groups in total. The molecular formula is C17H17FN2O3. The van der Waals surface area contributed by atoms with Gasteiger partial charge in [-0.3, -0.25) is 9.59 Å². The van der Waals surface area contributed by atoms with Gasteiger partial charge >= 0.3 is 0 Å². The standard InChI is InChI=1S/C17H17FN2O3/c1-2-23-15-9-7-14(8-10-15)20-17(22)11-16(21)19-13-5-3-12(18)4-6-13/h3-10H,2,11H2,1H3,(H,19,21)(H,20,22). The number of amides is 2. The van der Waals surface area contributed by atoms with Crippen LogP contribution in [0.2, 0.25) is 0 Å². The number of benzene rings is 2. The maximum absolute atomic E-state index is 12.8. The lowest BCUT2D eigenvalue weighted by molar-refractivity contribution is -0.123. The predicted molar refractivity (Wildman–Crippen MR) is 85.9 cm³/mol. The summed E-state index contributed by atoms with van der Waals surface area (Å²) in [6.07, 6.45) is -0.329. The molecule has 0 atom stereocenters. The molecule has 0 saturated carbocycles. The highest BCUT2D eigenvalue weighted by Crippen LogP contribution is 2.16. The van der Waals surface area contributed by atoms with Crippen molar-refractivity contribution < 1.29 is 18.7 Å². The normalized spacial score (nSPS) is 10.0. The Morgan fingerprint density at radius 3 is 1.87 bits per heavy atom. The molecule has 0 aliphatic carbocycles. The molecule has 0 radical (unpaired) electrons. The average molecular weight is 316 g/mol. The van der Waals surface area contributed by atoms with Crippen LogP contribution in [0.1, 0.15) is 13.3 Å². The number of anilines is 2. The van der Waals surface area contributed by atoms with Crippen molar-refractivity contribution in [1.29, 1.82) is 0 Å². The van der Waals surface area contributed by atoms with Gasteiger partial charge in [-0.05, 0) is 55.5 Å². The molecule has 0 saturated heterocycles. The highest BCUT2D eigenvalue weighted by Gasteiger charge is 2.10. The molecule has 6 heteroatoms. The van der Waals surface area contributed by atoms with Gasteiger partial charge in [-0.25, -0.2) is 4.39 Å². The molecule has 0 aromatic heterocycles. The van der Waals surface area contributed by atoms with E-state index in [9.17, 15) is 14.0 Å². The summed E-state index contributed by atoms with van der Waals surface area (Å²) in [6, 6.07) is 12.2. The van der Waals surface area contributed by atoms with Crippen molar-refractivity contribution in [3.05, 3.63) is 54.3 Å². The first kappa shape index (κ1) is 16.5. The molecule has 0 spiro atoms. The lowest BCUT2D eigenvalue weighted by atomic mass is 10.2. The fourth-order valence-corrected chi connectivity index (χ4v) is 1.89. The Labute approximate surface area is 133 Å². The Morgan fingerprint density at radius 1 is 0.913 bits per heavy atom. The maximum atomic E-state index is 12.8. The SMILES string of the molecule is CCOc1ccc(NC(=O)CC(=O)Nc2ccc(F)cc2)cc1. The van der Waals surface area contributed by atoms with Crippen LogP contribution in [0.15, 0.2) is 48.5 Å². The summed E-state index contributed by atoms with van der Waals surface area (Å²) in [7, 11) is 0. The van der Waals surface area contributed by atoms with Gasteiger partial charge in [0, 0.05) is 11.4 Å². The quantitative estimate of drug-likeness (QED) is 0.804. The molecule has 0 bridgehead atoms. The van der Waals surface area contributed by atoms with Crippen LogP contribution < -0.4 is 15.4 Å². The second-order valence-corrected chi connectivity index (χ2v) is 4.74. The topological polar surface area (TPSA) is 67.4 Å². The zero-order valence-electron chi connectivity index (χ0n) is 12.6. The zero-order valence-corrected chi connectivity index (χ0v) is 12.6. The smallest absolute Gasteiger partial charge is 0.233 e. The van der Waals surface area contributed by atoms with E-state index in [1.165, 1.54) is 24.3 Å². The van der Waals surface area contributed by atoms with Crippen molar-refractivity contribution in [2.24, 2.45) is 0 Å². The molecular weight excluding hydrogens is 299 g/mol. The molecule has 0 heterocycles. The van der Waals surface area contributed by atoms with Crippen molar-refractivity contribution >= 4 is 23.2 Å². The minimum Gasteiger partial charge on any atom is -0.494 e. The van der Waals surface area contributed by atoms with Crippen LogP contribution in [0.3, 0.4) is 0 Å². The molecule has 0 unspecified atom stereocenters. The summed E-state index contributed by atoms with van der Waals surface area (Å²) in [5.74, 6) is -0.593. The van der Waals surface area contributed by atoms with Crippen molar-refractivity contribution in [1.82, 2.24) is 0 Å². The van der Waals surface area contributed by atoms with E-state index in [0.29, 0.717) is 23.7 Å². The number of hydrogen-bond acceptors (Lipinski definition) is 3. The highest BCUT2D eigenvalue weighted by molar-refractivity contribution is 6.08. The predicted octanol–water partition coefficient (Wildman–Crippen LogP) is 3.19. The Kier molecular flexibility index (Phi) is 5.68. The third-order valence-electron chi connectivity index (χ3n) is 2.90. The minimum atomic E-state index is -0.472. The van der Waals surface area contributed by atoms with E-state index in [0.717, 1.165) is 0 Å². The summed E-state index contributed by atoms with van der Waals surface area (Å²) >= 11 is 0. The first-order chi connectivity index (χ1) is 11.1. The second-order valence-electron chi connectivity index (χ2n) is 4.74. The molecule has 0 aliphatic heterocycles. The van der Waals surface area contributed by atoms with Crippen LogP contribution in [-0.2, 0) is 9.59 Å². The molecule has 120 valence electrons. The van der Waals surface area contributed by atoms with Crippen molar-refractivity contribution in [2.45, 2.75) is 13.3 Å². The van der Waals surface area contributed by atoms with Gasteiger partial charge in [0.1, 0.15) is 18.0 Å². The molecule has 5 nitrogen and oxygen atoms in total. The Balaban J connectivity index is 1.83. The lowest BCUT2D eigenvalue weighted by Crippen LogP contribution is -2.21. The van der Waals surface area contributed by atoms with E-state index >= 15 is 0 Å². The van der Waals surface area contributed by atoms with Crippen LogP contribution >= 0.6 is 0 Å². The highest BCUT2D eigenvalue weighted by atomic mass is 19.1. The fraction of sp³-hybridized carbons (Fsp3) is 0.176. The van der Waals surface area contributed by atoms with Gasteiger partial charge in [-0.15, -0.1) is 0 Å². The minimum absolute atomic E-state index is 0.329. The molecule has 0 fully saturated rings. The fourth-order valence-electron chi connectivity index (χ4n) is 1.89. The van der Waals surface area contributed by atoms with Crippen LogP contribution in [-0.4, -0.2) is 18.4 Å². The van der Waals surface area contributed by atoms with E-state index < -0.39 is 17.6 Å². The van der Waals surface area contributed by atoms with E-state index in [2.05, 4.69) is 10.6 Å². The third-order valence-corrected chi connectivity index (χ3v) is 2.90. The van der Waals surface area contributed by atoms with Crippen molar-refractivity contribution in [3.63, 3.8) is 0 Å². The molecule has 2 rings (SSSR count). The summed E-state index contributed by atoms with van der Waals surface area (Å²) in [6.45, 7) is 2.45. The van der Waals surface area contributed by atoms with Crippen LogP contribution in [0, 0.1) is 5.82 Å². The summed E-state index contributed by atoms with van der Waals surface area (Å²) in [5, 5.41) is 5.15. The van der Waals surface area contributed by atoms with Gasteiger partial charge in [0.2, 0.25) is 11.8 Å². The third kappa shape index (κ3) is 5.43. The van der Waals surface area contributed by atoms with E-state index in [-0.39, 0.29) is 6.42 Å². The van der Waals surface area contributed by atoms with E-state index in [1.807, 2.05) is 6.92 Å². The molecule has 0 aliphatic rings. The Bertz CT molecular complexity index is 669. The number of carbonyl (C=O) groups is 2. The zero-order chi connectivity index (χ0) is 16.7. The molecule has 2 aromatic rings. The van der Waals surface area contributed by atoms with Crippen LogP contribution in [0.5, 0.6) is 5.75 Å². The summed E-state index contributed by atoms with van der Waals surface area (Å²) in [4.78, 5) is 23.6. The lowest BCUT2D eigenvalue weighted by Gasteiger charge is -2.08. The number of ether oxygens (including phenoxy) is 1. The summed E-state index contributed by atoms with van der Waals surface area (Å²) in [5.41, 5.74) is 1.01. The number of carbonyl (C=O) groups excluding carboxylic acids is 2. The van der Waals surface area contributed by atoms with E-state index in [4.69, 9.17) is 4.74 Å². The van der Waals surface area contributed by atoms with Gasteiger partial charge < -0.3 is 15.4 Å². The van der Waals surface area contributed by atoms with Crippen molar-refractivity contribution in [3.8, 4) is 5.75 Å². The largest absolute Gasteiger partial charge is 0.494 e. The first-order valence-electron chi connectivity index (χ1n) is 7.15. The number of halogens is 1. The number of rotatable bonds is 6. The van der Waals surface area contributed by atoms with Gasteiger partial charge in [0.05, 0.1) is 6.61 Å². The monoisotopic (exact) mass is 316 g/mol. The average Bonchev–Trinajstić information content (AvgIpc) is 2.51. The number of nitrogens with one attached hydrogen (secondary N) is 2. The molecule has 23 heavy (non-hydrogen) atoms. The van der Waals surface area contributed by atoms with Gasteiger partial charge in [0.15, 0.2) is 0 Å². The maximum Gasteiger partial charge on any atom is 0.233 e. The van der Waals surface area contributed by atoms with Gasteiger partial charge in [-0.2, -0.15) is 0 Å². The van der Waals surface area contributed by atoms with Crippen molar-refractivity contribution in [2.75, 3.05) is 17.2 Å². The summed E-state index contributed by atoms with van der Waals surface area (Å²) < 4.78 is 18.1. The molecule has 2 amide bonds. The van der Waals surface area contributed by atoms with Gasteiger partial charge in [0.25, 0.3) is 0 Å². The molecule has 2 aromatic carbocycles. The Hall–Kier alpha value is -2.89. The first-order valence-corrected chi connectivity index (χ1v) is 7.15. The van der Waals surface area contributed by atoms with Crippen LogP contribution in [0.4, 0.5) is 15.8 Å². The number of hydrogen-bond donors (Lipinski definition) is 2. The second kappa shape index (κ2) is 7.93. The van der Waals surface area contributed by atoms with Gasteiger partial charge in [-0.1, -0.05) is 0 Å². The van der Waals surface area contributed by atoms with Crippen LogP contribution in [0.25, 0.3) is 0 Å². The Morgan fingerprint density at radius 2 is 1.39 bits per heavy atom.